The Morgan fingerprint density at radius 3 is 1.43 bits per heavy atom. The largest absolute Gasteiger partial charge is 0.455 e. The van der Waals surface area contributed by atoms with Crippen LogP contribution in [0.3, 0.4) is 0 Å². The Balaban J connectivity index is 0.801. The van der Waals surface area contributed by atoms with Gasteiger partial charge in [-0.3, -0.25) is 0 Å². The van der Waals surface area contributed by atoms with Crippen LogP contribution in [0.15, 0.2) is 283 Å². The van der Waals surface area contributed by atoms with E-state index >= 15 is 0 Å². The molecule has 0 saturated carbocycles. The van der Waals surface area contributed by atoms with E-state index in [2.05, 4.69) is 289 Å². The highest BCUT2D eigenvalue weighted by Crippen LogP contribution is 2.42. The normalized spacial score (nSPS) is 11.7. The fourth-order valence-corrected chi connectivity index (χ4v) is 11.7. The molecule has 15 aromatic rings. The second kappa shape index (κ2) is 17.4. The molecule has 0 N–H and O–H groups in total. The molecule has 75 heavy (non-hydrogen) atoms. The van der Waals surface area contributed by atoms with Crippen LogP contribution in [0.2, 0.25) is 0 Å². The Labute approximate surface area is 434 Å². The quantitative estimate of drug-likeness (QED) is 0.142. The molecule has 0 fully saturated rings. The minimum Gasteiger partial charge on any atom is -0.455 e. The Morgan fingerprint density at radius 2 is 0.720 bits per heavy atom. The Bertz CT molecular complexity index is 4660. The molecular weight excluding hydrogens is 909 g/mol. The zero-order valence-corrected chi connectivity index (χ0v) is 40.9. The summed E-state index contributed by atoms with van der Waals surface area (Å²) in [4.78, 5) is 2.37. The molecular formula is C72H46N2O. The van der Waals surface area contributed by atoms with Crippen molar-refractivity contribution >= 4 is 93.1 Å². The number of aromatic nitrogens is 1. The summed E-state index contributed by atoms with van der Waals surface area (Å²) >= 11 is 0. The third-order valence-electron chi connectivity index (χ3n) is 15.3. The van der Waals surface area contributed by atoms with Crippen molar-refractivity contribution < 1.29 is 4.42 Å². The molecule has 0 aliphatic heterocycles. The highest BCUT2D eigenvalue weighted by Gasteiger charge is 2.18. The summed E-state index contributed by atoms with van der Waals surface area (Å²) in [5.41, 5.74) is 17.8. The van der Waals surface area contributed by atoms with Crippen LogP contribution in [-0.2, 0) is 0 Å². The summed E-state index contributed by atoms with van der Waals surface area (Å²) in [7, 11) is 0. The maximum absolute atomic E-state index is 6.66. The lowest BCUT2D eigenvalue weighted by Gasteiger charge is -2.26. The maximum Gasteiger partial charge on any atom is 0.143 e. The Hall–Kier alpha value is -9.96. The zero-order valence-electron chi connectivity index (χ0n) is 40.9. The minimum absolute atomic E-state index is 0.882. The number of hydrogen-bond donors (Lipinski definition) is 0. The van der Waals surface area contributed by atoms with Gasteiger partial charge in [0.15, 0.2) is 0 Å². The molecule has 0 bridgehead atoms. The third kappa shape index (κ3) is 7.28. The fraction of sp³-hybridized carbons (Fsp3) is 0. The number of benzene rings is 13. The summed E-state index contributed by atoms with van der Waals surface area (Å²) in [5.74, 6) is 0. The van der Waals surface area contributed by atoms with E-state index in [0.717, 1.165) is 77.9 Å². The van der Waals surface area contributed by atoms with Crippen molar-refractivity contribution in [3.63, 3.8) is 0 Å². The van der Waals surface area contributed by atoms with E-state index in [4.69, 9.17) is 4.42 Å². The van der Waals surface area contributed by atoms with Crippen molar-refractivity contribution in [2.75, 3.05) is 4.90 Å². The van der Waals surface area contributed by atoms with Crippen LogP contribution >= 0.6 is 0 Å². The molecule has 0 spiro atoms. The number of rotatable bonds is 8. The van der Waals surface area contributed by atoms with Crippen molar-refractivity contribution in [2.45, 2.75) is 0 Å². The van der Waals surface area contributed by atoms with Crippen molar-refractivity contribution in [2.24, 2.45) is 0 Å². The second-order valence-corrected chi connectivity index (χ2v) is 19.7. The van der Waals surface area contributed by atoms with E-state index in [9.17, 15) is 0 Å². The summed E-state index contributed by atoms with van der Waals surface area (Å²) in [5, 5.41) is 12.1. The number of furan rings is 1. The second-order valence-electron chi connectivity index (χ2n) is 19.7. The molecule has 0 radical (unpaired) electrons. The van der Waals surface area contributed by atoms with E-state index in [1.54, 1.807) is 0 Å². The first kappa shape index (κ1) is 42.7. The van der Waals surface area contributed by atoms with E-state index in [1.165, 1.54) is 65.4 Å². The van der Waals surface area contributed by atoms with Gasteiger partial charge in [0.1, 0.15) is 11.2 Å². The standard InChI is InChI=1S/C72H46N2O/c1-3-20-62-49(12-1)26-27-57-43-55(33-39-63(57)62)52-15-9-14-51(42-52)47-28-35-58(36-29-47)73(60-18-11-17-54(45-60)56-34-40-67-68-41-32-50-13-2-4-21-64(50)72(68)75-71(67)46-56)59-37-30-48(31-38-59)53-16-10-19-61(44-53)74-69-24-7-5-22-65(69)66-23-6-8-25-70(66)74/h1-46H. The molecule has 15 rings (SSSR count). The SMILES string of the molecule is c1cc(-c2ccc(N(c3ccc(-c4cccc(-n5c6ccccc6c6ccccc65)c4)cc3)c3cccc(-c4ccc5c(c4)oc4c6ccccc6ccc54)c3)cc2)cc(-c2ccc3c(ccc4ccccc43)c2)c1. The van der Waals surface area contributed by atoms with Crippen molar-refractivity contribution in [3.8, 4) is 50.2 Å². The Morgan fingerprint density at radius 1 is 0.253 bits per heavy atom. The van der Waals surface area contributed by atoms with Gasteiger partial charge in [-0.15, -0.1) is 0 Å². The molecule has 2 heterocycles. The van der Waals surface area contributed by atoms with Crippen molar-refractivity contribution in [1.82, 2.24) is 4.57 Å². The first-order chi connectivity index (χ1) is 37.1. The fourth-order valence-electron chi connectivity index (χ4n) is 11.7. The molecule has 350 valence electrons. The van der Waals surface area contributed by atoms with Gasteiger partial charge in [-0.25, -0.2) is 0 Å². The molecule has 2 aromatic heterocycles. The smallest absolute Gasteiger partial charge is 0.143 e. The molecule has 0 aliphatic carbocycles. The van der Waals surface area contributed by atoms with E-state index in [-0.39, 0.29) is 0 Å². The summed E-state index contributed by atoms with van der Waals surface area (Å²) in [6.45, 7) is 0. The molecule has 0 aliphatic rings. The summed E-state index contributed by atoms with van der Waals surface area (Å²) in [6.07, 6.45) is 0. The lowest BCUT2D eigenvalue weighted by atomic mass is 9.95. The summed E-state index contributed by atoms with van der Waals surface area (Å²) < 4.78 is 9.04. The van der Waals surface area contributed by atoms with Crippen LogP contribution in [-0.4, -0.2) is 4.57 Å². The molecule has 3 heteroatoms. The number of anilines is 3. The summed E-state index contributed by atoms with van der Waals surface area (Å²) in [6, 6.07) is 101. The van der Waals surface area contributed by atoms with Crippen LogP contribution in [0.1, 0.15) is 0 Å². The van der Waals surface area contributed by atoms with Gasteiger partial charge in [0.2, 0.25) is 0 Å². The molecule has 0 amide bonds. The average Bonchev–Trinajstić information content (AvgIpc) is 4.06. The number of nitrogens with zero attached hydrogens (tertiary/aromatic N) is 2. The van der Waals surface area contributed by atoms with Crippen LogP contribution in [0, 0.1) is 0 Å². The van der Waals surface area contributed by atoms with Gasteiger partial charge in [-0.2, -0.15) is 0 Å². The lowest BCUT2D eigenvalue weighted by molar-refractivity contribution is 0.673. The van der Waals surface area contributed by atoms with Gasteiger partial charge in [0, 0.05) is 49.7 Å². The first-order valence-corrected chi connectivity index (χ1v) is 25.7. The van der Waals surface area contributed by atoms with Gasteiger partial charge in [-0.05, 0) is 162 Å². The number of hydrogen-bond acceptors (Lipinski definition) is 2. The molecule has 13 aromatic carbocycles. The van der Waals surface area contributed by atoms with Gasteiger partial charge in [0.25, 0.3) is 0 Å². The van der Waals surface area contributed by atoms with Crippen LogP contribution in [0.25, 0.3) is 126 Å². The highest BCUT2D eigenvalue weighted by atomic mass is 16.3. The molecule has 0 saturated heterocycles. The minimum atomic E-state index is 0.882. The monoisotopic (exact) mass is 954 g/mol. The number of para-hydroxylation sites is 2. The lowest BCUT2D eigenvalue weighted by Crippen LogP contribution is -2.10. The predicted octanol–water partition coefficient (Wildman–Crippen LogP) is 20.3. The van der Waals surface area contributed by atoms with Crippen LogP contribution in [0.5, 0.6) is 0 Å². The van der Waals surface area contributed by atoms with Crippen LogP contribution < -0.4 is 4.90 Å². The maximum atomic E-state index is 6.66. The van der Waals surface area contributed by atoms with Crippen LogP contribution in [0.4, 0.5) is 17.1 Å². The van der Waals surface area contributed by atoms with Crippen molar-refractivity contribution in [3.05, 3.63) is 279 Å². The third-order valence-corrected chi connectivity index (χ3v) is 15.3. The van der Waals surface area contributed by atoms with Gasteiger partial charge in [0.05, 0.1) is 11.0 Å². The van der Waals surface area contributed by atoms with Gasteiger partial charge < -0.3 is 13.9 Å². The topological polar surface area (TPSA) is 21.3 Å². The Kier molecular flexibility index (Phi) is 9.89. The first-order valence-electron chi connectivity index (χ1n) is 25.7. The van der Waals surface area contributed by atoms with E-state index in [0.29, 0.717) is 0 Å². The molecule has 0 unspecified atom stereocenters. The van der Waals surface area contributed by atoms with Gasteiger partial charge >= 0.3 is 0 Å². The predicted molar refractivity (Wildman–Crippen MR) is 317 cm³/mol. The molecule has 3 nitrogen and oxygen atoms in total. The highest BCUT2D eigenvalue weighted by molar-refractivity contribution is 6.15. The van der Waals surface area contributed by atoms with E-state index in [1.807, 2.05) is 0 Å². The zero-order chi connectivity index (χ0) is 49.4. The molecule has 0 atom stereocenters. The average molecular weight is 955 g/mol. The van der Waals surface area contributed by atoms with E-state index < -0.39 is 0 Å². The van der Waals surface area contributed by atoms with Gasteiger partial charge in [-0.1, -0.05) is 188 Å². The number of fused-ring (bicyclic) bond motifs is 11. The van der Waals surface area contributed by atoms with Crippen molar-refractivity contribution in [1.29, 1.82) is 0 Å².